The summed E-state index contributed by atoms with van der Waals surface area (Å²) in [6.07, 6.45) is 4.12. The minimum absolute atomic E-state index is 0.0551. The van der Waals surface area contributed by atoms with Gasteiger partial charge in [-0.1, -0.05) is 12.6 Å². The Balaban J connectivity index is 1.46. The number of methoxy groups -OCH3 is 1. The van der Waals surface area contributed by atoms with Crippen LogP contribution in [-0.2, 0) is 17.8 Å². The standard InChI is InChI=1S/C28H37FN6O3/c1-5-25(36)34-12-14-35(15-13-34)27-20-17-33(3)23(26-21(29)9-6-10-24(26)37-4)16-22(20)30-28(31-27)38-18-19-8-7-11-32(19)2/h5-6,9-10,19,23H,1,7-8,11-18H2,2-4H3. The molecular weight excluding hydrogens is 487 g/mol. The molecule has 0 radical (unpaired) electrons. The van der Waals surface area contributed by atoms with E-state index in [0.717, 1.165) is 36.5 Å². The van der Waals surface area contributed by atoms with Gasteiger partial charge in [-0.2, -0.15) is 9.97 Å². The van der Waals surface area contributed by atoms with Crippen LogP contribution in [0.5, 0.6) is 11.8 Å². The number of halogens is 1. The smallest absolute Gasteiger partial charge is 0.318 e. The van der Waals surface area contributed by atoms with Gasteiger partial charge in [0.25, 0.3) is 0 Å². The Kier molecular flexibility index (Phi) is 7.80. The number of ether oxygens (including phenoxy) is 2. The van der Waals surface area contributed by atoms with Crippen LogP contribution in [0.25, 0.3) is 0 Å². The number of carbonyl (C=O) groups excluding carboxylic acids is 1. The van der Waals surface area contributed by atoms with Crippen molar-refractivity contribution in [1.29, 1.82) is 0 Å². The first-order valence-corrected chi connectivity index (χ1v) is 13.3. The molecule has 4 heterocycles. The van der Waals surface area contributed by atoms with Gasteiger partial charge in [0, 0.05) is 62.4 Å². The number of carbonyl (C=O) groups is 1. The number of hydrogen-bond donors (Lipinski definition) is 0. The van der Waals surface area contributed by atoms with Gasteiger partial charge in [0.1, 0.15) is 24.0 Å². The summed E-state index contributed by atoms with van der Waals surface area (Å²) in [5.74, 6) is 1.02. The van der Waals surface area contributed by atoms with E-state index in [2.05, 4.69) is 28.3 Å². The Bertz CT molecular complexity index is 1190. The molecule has 204 valence electrons. The second-order valence-electron chi connectivity index (χ2n) is 10.3. The zero-order chi connectivity index (χ0) is 26.8. The topological polar surface area (TPSA) is 74.3 Å². The molecule has 0 spiro atoms. The molecule has 0 bridgehead atoms. The highest BCUT2D eigenvalue weighted by atomic mass is 19.1. The predicted octanol–water partition coefficient (Wildman–Crippen LogP) is 2.66. The van der Waals surface area contributed by atoms with Gasteiger partial charge in [-0.25, -0.2) is 4.39 Å². The average molecular weight is 525 g/mol. The first-order valence-electron chi connectivity index (χ1n) is 13.3. The Morgan fingerprint density at radius 2 is 1.95 bits per heavy atom. The molecule has 3 aliphatic heterocycles. The number of anilines is 1. The highest BCUT2D eigenvalue weighted by Gasteiger charge is 2.35. The summed E-state index contributed by atoms with van der Waals surface area (Å²) in [5, 5.41) is 0. The van der Waals surface area contributed by atoms with Crippen molar-refractivity contribution in [1.82, 2.24) is 24.7 Å². The molecule has 1 aromatic carbocycles. The lowest BCUT2D eigenvalue weighted by atomic mass is 9.92. The molecule has 5 rings (SSSR count). The highest BCUT2D eigenvalue weighted by Crippen LogP contribution is 2.40. The molecule has 2 unspecified atom stereocenters. The maximum Gasteiger partial charge on any atom is 0.318 e. The number of fused-ring (bicyclic) bond motifs is 1. The van der Waals surface area contributed by atoms with Gasteiger partial charge in [0.05, 0.1) is 12.8 Å². The number of likely N-dealkylation sites (N-methyl/N-ethyl adjacent to an activating group) is 2. The van der Waals surface area contributed by atoms with Gasteiger partial charge >= 0.3 is 6.01 Å². The molecule has 0 saturated carbocycles. The lowest BCUT2D eigenvalue weighted by molar-refractivity contribution is -0.126. The van der Waals surface area contributed by atoms with Crippen LogP contribution in [0.3, 0.4) is 0 Å². The number of piperazine rings is 1. The van der Waals surface area contributed by atoms with Crippen LogP contribution in [0.2, 0.25) is 0 Å². The van der Waals surface area contributed by atoms with E-state index in [1.165, 1.54) is 12.1 Å². The second kappa shape index (κ2) is 11.2. The Morgan fingerprint density at radius 3 is 2.63 bits per heavy atom. The summed E-state index contributed by atoms with van der Waals surface area (Å²) in [4.78, 5) is 30.3. The maximum atomic E-state index is 15.1. The van der Waals surface area contributed by atoms with Gasteiger partial charge in [-0.3, -0.25) is 9.69 Å². The molecule has 0 aliphatic carbocycles. The fourth-order valence-electron chi connectivity index (χ4n) is 5.82. The third-order valence-corrected chi connectivity index (χ3v) is 8.08. The average Bonchev–Trinajstić information content (AvgIpc) is 3.35. The summed E-state index contributed by atoms with van der Waals surface area (Å²) in [6, 6.07) is 5.39. The molecule has 2 aromatic rings. The summed E-state index contributed by atoms with van der Waals surface area (Å²) in [7, 11) is 5.68. The lowest BCUT2D eigenvalue weighted by Gasteiger charge is -2.39. The summed E-state index contributed by atoms with van der Waals surface area (Å²) >= 11 is 0. The van der Waals surface area contributed by atoms with Crippen LogP contribution < -0.4 is 14.4 Å². The predicted molar refractivity (Wildman–Crippen MR) is 143 cm³/mol. The third kappa shape index (κ3) is 5.19. The molecule has 1 aromatic heterocycles. The van der Waals surface area contributed by atoms with Crippen molar-refractivity contribution in [2.45, 2.75) is 37.9 Å². The molecule has 3 aliphatic rings. The van der Waals surface area contributed by atoms with E-state index in [4.69, 9.17) is 19.4 Å². The Labute approximate surface area is 223 Å². The maximum absolute atomic E-state index is 15.1. The molecule has 0 N–H and O–H groups in total. The number of benzene rings is 1. The van der Waals surface area contributed by atoms with Gasteiger partial charge < -0.3 is 24.2 Å². The van der Waals surface area contributed by atoms with Crippen molar-refractivity contribution in [2.75, 3.05) is 65.4 Å². The van der Waals surface area contributed by atoms with Crippen LogP contribution in [0.15, 0.2) is 30.9 Å². The number of aromatic nitrogens is 2. The van der Waals surface area contributed by atoms with Gasteiger partial charge in [0.2, 0.25) is 5.91 Å². The third-order valence-electron chi connectivity index (χ3n) is 8.08. The van der Waals surface area contributed by atoms with E-state index in [1.807, 2.05) is 7.05 Å². The SMILES string of the molecule is C=CC(=O)N1CCN(c2nc(OCC3CCCN3C)nc3c2CN(C)C(c2c(F)cccc2OC)C3)CC1. The van der Waals surface area contributed by atoms with E-state index in [-0.39, 0.29) is 17.8 Å². The van der Waals surface area contributed by atoms with E-state index in [9.17, 15) is 4.79 Å². The number of hydrogen-bond acceptors (Lipinski definition) is 8. The van der Waals surface area contributed by atoms with E-state index >= 15 is 4.39 Å². The van der Waals surface area contributed by atoms with E-state index in [1.54, 1.807) is 24.1 Å². The molecule has 2 saturated heterocycles. The van der Waals surface area contributed by atoms with Crippen LogP contribution in [0.1, 0.15) is 35.7 Å². The zero-order valence-corrected chi connectivity index (χ0v) is 22.5. The molecule has 2 fully saturated rings. The Hall–Kier alpha value is -3.24. The monoisotopic (exact) mass is 524 g/mol. The van der Waals surface area contributed by atoms with Crippen molar-refractivity contribution >= 4 is 11.7 Å². The molecule has 1 amide bonds. The zero-order valence-electron chi connectivity index (χ0n) is 22.5. The number of amides is 1. The van der Waals surface area contributed by atoms with Crippen molar-refractivity contribution in [3.05, 3.63) is 53.5 Å². The summed E-state index contributed by atoms with van der Waals surface area (Å²) < 4.78 is 26.8. The quantitative estimate of drug-likeness (QED) is 0.512. The molecule has 10 heteroatoms. The molecule has 9 nitrogen and oxygen atoms in total. The minimum atomic E-state index is -0.289. The van der Waals surface area contributed by atoms with Crippen LogP contribution in [0.4, 0.5) is 10.2 Å². The first-order chi connectivity index (χ1) is 18.4. The van der Waals surface area contributed by atoms with Gasteiger partial charge in [-0.15, -0.1) is 0 Å². The van der Waals surface area contributed by atoms with Crippen molar-refractivity contribution in [3.63, 3.8) is 0 Å². The fourth-order valence-corrected chi connectivity index (χ4v) is 5.82. The van der Waals surface area contributed by atoms with Crippen LogP contribution in [0, 0.1) is 5.82 Å². The Morgan fingerprint density at radius 1 is 1.16 bits per heavy atom. The number of rotatable bonds is 7. The number of likely N-dealkylation sites (tertiary alicyclic amines) is 1. The van der Waals surface area contributed by atoms with E-state index in [0.29, 0.717) is 69.1 Å². The van der Waals surface area contributed by atoms with Crippen molar-refractivity contribution < 1.29 is 18.7 Å². The van der Waals surface area contributed by atoms with Gasteiger partial charge in [-0.05, 0) is 51.7 Å². The first kappa shape index (κ1) is 26.4. The number of nitrogens with zero attached hydrogens (tertiary/aromatic N) is 6. The van der Waals surface area contributed by atoms with Crippen LogP contribution >= 0.6 is 0 Å². The van der Waals surface area contributed by atoms with Gasteiger partial charge in [0.15, 0.2) is 0 Å². The molecular formula is C28H37FN6O3. The largest absolute Gasteiger partial charge is 0.496 e. The van der Waals surface area contributed by atoms with Crippen molar-refractivity contribution in [2.24, 2.45) is 0 Å². The lowest BCUT2D eigenvalue weighted by Crippen LogP contribution is -2.49. The highest BCUT2D eigenvalue weighted by molar-refractivity contribution is 5.87. The minimum Gasteiger partial charge on any atom is -0.496 e. The van der Waals surface area contributed by atoms with Crippen LogP contribution in [-0.4, -0.2) is 97.2 Å². The fraction of sp³-hybridized carbons (Fsp3) is 0.536. The van der Waals surface area contributed by atoms with Crippen molar-refractivity contribution in [3.8, 4) is 11.8 Å². The molecule has 2 atom stereocenters. The summed E-state index contributed by atoms with van der Waals surface area (Å²) in [6.45, 7) is 8.27. The molecule has 38 heavy (non-hydrogen) atoms. The second-order valence-corrected chi connectivity index (χ2v) is 10.3. The normalized spacial score (nSPS) is 22.3. The summed E-state index contributed by atoms with van der Waals surface area (Å²) in [5.41, 5.74) is 2.42. The van der Waals surface area contributed by atoms with E-state index < -0.39 is 0 Å².